The van der Waals surface area contributed by atoms with Crippen molar-refractivity contribution in [3.05, 3.63) is 18.2 Å². The molecule has 1 aliphatic rings. The van der Waals surface area contributed by atoms with Gasteiger partial charge < -0.3 is 14.6 Å². The van der Waals surface area contributed by atoms with Crippen LogP contribution in [-0.4, -0.2) is 29.3 Å². The fourth-order valence-electron chi connectivity index (χ4n) is 1.92. The summed E-state index contributed by atoms with van der Waals surface area (Å²) in [5, 5.41) is 3.40. The van der Waals surface area contributed by atoms with Gasteiger partial charge in [-0.05, 0) is 18.9 Å². The van der Waals surface area contributed by atoms with Gasteiger partial charge in [0.25, 0.3) is 0 Å². The van der Waals surface area contributed by atoms with Crippen LogP contribution in [0.1, 0.15) is 32.0 Å². The van der Waals surface area contributed by atoms with E-state index >= 15 is 0 Å². The van der Waals surface area contributed by atoms with Gasteiger partial charge in [0.15, 0.2) is 0 Å². The first-order chi connectivity index (χ1) is 7.75. The Bertz CT molecular complexity index is 316. The van der Waals surface area contributed by atoms with Crippen LogP contribution in [0, 0.1) is 5.92 Å². The first-order valence-electron chi connectivity index (χ1n) is 6.06. The molecule has 2 heterocycles. The molecule has 16 heavy (non-hydrogen) atoms. The zero-order chi connectivity index (χ0) is 11.4. The van der Waals surface area contributed by atoms with Gasteiger partial charge in [0.1, 0.15) is 0 Å². The Balaban J connectivity index is 1.82. The SMILES string of the molecule is CC(C)CNCc1cn(C2CCOC2)cn1. The van der Waals surface area contributed by atoms with E-state index in [9.17, 15) is 0 Å². The molecule has 4 heteroatoms. The summed E-state index contributed by atoms with van der Waals surface area (Å²) in [4.78, 5) is 4.40. The molecule has 1 aromatic heterocycles. The van der Waals surface area contributed by atoms with Crippen molar-refractivity contribution in [1.82, 2.24) is 14.9 Å². The Kier molecular flexibility index (Phi) is 3.96. The van der Waals surface area contributed by atoms with E-state index in [1.165, 1.54) is 0 Å². The smallest absolute Gasteiger partial charge is 0.0953 e. The van der Waals surface area contributed by atoms with Gasteiger partial charge in [0.2, 0.25) is 0 Å². The van der Waals surface area contributed by atoms with Crippen molar-refractivity contribution >= 4 is 0 Å². The number of nitrogens with one attached hydrogen (secondary N) is 1. The van der Waals surface area contributed by atoms with Crippen molar-refractivity contribution in [2.24, 2.45) is 5.92 Å². The number of hydrogen-bond donors (Lipinski definition) is 1. The van der Waals surface area contributed by atoms with E-state index in [1.54, 1.807) is 0 Å². The van der Waals surface area contributed by atoms with E-state index in [4.69, 9.17) is 4.74 Å². The zero-order valence-corrected chi connectivity index (χ0v) is 10.1. The fraction of sp³-hybridized carbons (Fsp3) is 0.750. The molecule has 0 aromatic carbocycles. The predicted octanol–water partition coefficient (Wildman–Crippen LogP) is 1.59. The number of aromatic nitrogens is 2. The van der Waals surface area contributed by atoms with Crippen LogP contribution in [-0.2, 0) is 11.3 Å². The van der Waals surface area contributed by atoms with Gasteiger partial charge in [-0.3, -0.25) is 0 Å². The molecular weight excluding hydrogens is 202 g/mol. The third-order valence-electron chi connectivity index (χ3n) is 2.84. The van der Waals surface area contributed by atoms with Gasteiger partial charge in [-0.25, -0.2) is 4.98 Å². The maximum atomic E-state index is 5.37. The van der Waals surface area contributed by atoms with Crippen molar-refractivity contribution in [2.75, 3.05) is 19.8 Å². The van der Waals surface area contributed by atoms with Crippen LogP contribution in [0.5, 0.6) is 0 Å². The monoisotopic (exact) mass is 223 g/mol. The second kappa shape index (κ2) is 5.46. The second-order valence-electron chi connectivity index (χ2n) is 4.85. The van der Waals surface area contributed by atoms with E-state index in [2.05, 4.69) is 34.9 Å². The molecular formula is C12H21N3O. The molecule has 1 saturated heterocycles. The minimum Gasteiger partial charge on any atom is -0.379 e. The maximum Gasteiger partial charge on any atom is 0.0953 e. The molecule has 1 aliphatic heterocycles. The molecule has 0 radical (unpaired) electrons. The Hall–Kier alpha value is -0.870. The number of nitrogens with zero attached hydrogens (tertiary/aromatic N) is 2. The summed E-state index contributed by atoms with van der Waals surface area (Å²) in [6.07, 6.45) is 5.16. The Morgan fingerprint density at radius 1 is 1.62 bits per heavy atom. The Morgan fingerprint density at radius 2 is 2.50 bits per heavy atom. The molecule has 4 nitrogen and oxygen atoms in total. The molecule has 1 N–H and O–H groups in total. The van der Waals surface area contributed by atoms with Crippen molar-refractivity contribution in [3.63, 3.8) is 0 Å². The Morgan fingerprint density at radius 3 is 3.19 bits per heavy atom. The van der Waals surface area contributed by atoms with Crippen molar-refractivity contribution in [2.45, 2.75) is 32.9 Å². The molecule has 1 unspecified atom stereocenters. The van der Waals surface area contributed by atoms with Crippen LogP contribution >= 0.6 is 0 Å². The molecule has 1 fully saturated rings. The second-order valence-corrected chi connectivity index (χ2v) is 4.85. The highest BCUT2D eigenvalue weighted by atomic mass is 16.5. The van der Waals surface area contributed by atoms with Gasteiger partial charge in [0, 0.05) is 19.3 Å². The lowest BCUT2D eigenvalue weighted by molar-refractivity contribution is 0.186. The summed E-state index contributed by atoms with van der Waals surface area (Å²) in [6, 6.07) is 0.492. The molecule has 0 bridgehead atoms. The molecule has 90 valence electrons. The highest BCUT2D eigenvalue weighted by molar-refractivity contribution is 4.98. The largest absolute Gasteiger partial charge is 0.379 e. The maximum absolute atomic E-state index is 5.37. The van der Waals surface area contributed by atoms with E-state index in [0.717, 1.165) is 38.4 Å². The zero-order valence-electron chi connectivity index (χ0n) is 10.1. The van der Waals surface area contributed by atoms with E-state index in [-0.39, 0.29) is 0 Å². The molecule has 1 aromatic rings. The number of rotatable bonds is 5. The molecule has 0 aliphatic carbocycles. The third-order valence-corrected chi connectivity index (χ3v) is 2.84. The average molecular weight is 223 g/mol. The fourth-order valence-corrected chi connectivity index (χ4v) is 1.92. The van der Waals surface area contributed by atoms with Gasteiger partial charge in [-0.2, -0.15) is 0 Å². The normalized spacial score (nSPS) is 20.8. The average Bonchev–Trinajstić information content (AvgIpc) is 2.85. The molecule has 0 amide bonds. The highest BCUT2D eigenvalue weighted by Crippen LogP contribution is 2.18. The van der Waals surface area contributed by atoms with Crippen LogP contribution in [0.2, 0.25) is 0 Å². The quantitative estimate of drug-likeness (QED) is 0.824. The van der Waals surface area contributed by atoms with E-state index in [1.807, 2.05) is 6.33 Å². The minimum atomic E-state index is 0.492. The molecule has 2 rings (SSSR count). The third kappa shape index (κ3) is 3.06. The van der Waals surface area contributed by atoms with E-state index < -0.39 is 0 Å². The van der Waals surface area contributed by atoms with E-state index in [0.29, 0.717) is 12.0 Å². The minimum absolute atomic E-state index is 0.492. The summed E-state index contributed by atoms with van der Waals surface area (Å²) in [6.45, 7) is 8.03. The summed E-state index contributed by atoms with van der Waals surface area (Å²) in [5.74, 6) is 0.685. The summed E-state index contributed by atoms with van der Waals surface area (Å²) >= 11 is 0. The number of hydrogen-bond acceptors (Lipinski definition) is 3. The van der Waals surface area contributed by atoms with Crippen molar-refractivity contribution in [3.8, 4) is 0 Å². The van der Waals surface area contributed by atoms with Crippen molar-refractivity contribution in [1.29, 1.82) is 0 Å². The van der Waals surface area contributed by atoms with Crippen LogP contribution in [0.4, 0.5) is 0 Å². The van der Waals surface area contributed by atoms with Crippen LogP contribution < -0.4 is 5.32 Å². The topological polar surface area (TPSA) is 39.1 Å². The first kappa shape index (κ1) is 11.6. The van der Waals surface area contributed by atoms with Crippen LogP contribution in [0.25, 0.3) is 0 Å². The van der Waals surface area contributed by atoms with Gasteiger partial charge in [0.05, 0.1) is 24.7 Å². The number of imidazole rings is 1. The lowest BCUT2D eigenvalue weighted by Crippen LogP contribution is -2.19. The molecule has 1 atom stereocenters. The van der Waals surface area contributed by atoms with Gasteiger partial charge in [-0.1, -0.05) is 13.8 Å². The molecule has 0 saturated carbocycles. The van der Waals surface area contributed by atoms with Crippen molar-refractivity contribution < 1.29 is 4.74 Å². The summed E-state index contributed by atoms with van der Waals surface area (Å²) in [7, 11) is 0. The lowest BCUT2D eigenvalue weighted by Gasteiger charge is -2.08. The summed E-state index contributed by atoms with van der Waals surface area (Å²) < 4.78 is 7.55. The highest BCUT2D eigenvalue weighted by Gasteiger charge is 2.17. The van der Waals surface area contributed by atoms with Crippen LogP contribution in [0.15, 0.2) is 12.5 Å². The predicted molar refractivity (Wildman–Crippen MR) is 63.2 cm³/mol. The Labute approximate surface area is 97.0 Å². The molecule has 0 spiro atoms. The number of ether oxygens (including phenoxy) is 1. The van der Waals surface area contributed by atoms with Gasteiger partial charge in [-0.15, -0.1) is 0 Å². The summed E-state index contributed by atoms with van der Waals surface area (Å²) in [5.41, 5.74) is 1.12. The first-order valence-corrected chi connectivity index (χ1v) is 6.06. The standard InChI is InChI=1S/C12H21N3O/c1-10(2)5-13-6-11-7-15(9-14-11)12-3-4-16-8-12/h7,9-10,12-13H,3-6,8H2,1-2H3. The lowest BCUT2D eigenvalue weighted by atomic mass is 10.2. The van der Waals surface area contributed by atoms with Crippen LogP contribution in [0.3, 0.4) is 0 Å². The van der Waals surface area contributed by atoms with Gasteiger partial charge >= 0.3 is 0 Å².